The average Bonchev–Trinajstić information content (AvgIpc) is 2.48. The van der Waals surface area contributed by atoms with Crippen molar-refractivity contribution in [2.75, 3.05) is 13.2 Å². The zero-order valence-electron chi connectivity index (χ0n) is 16.2. The van der Waals surface area contributed by atoms with Crippen molar-refractivity contribution in [3.63, 3.8) is 0 Å². The molecule has 0 aromatic heterocycles. The van der Waals surface area contributed by atoms with Gasteiger partial charge in [-0.2, -0.15) is 9.78 Å². The number of hydrogen-bond donors (Lipinski definition) is 0. The second kappa shape index (κ2) is 11.9. The molecule has 0 aromatic carbocycles. The van der Waals surface area contributed by atoms with Crippen molar-refractivity contribution in [3.8, 4) is 0 Å². The molecule has 8 heteroatoms. The highest BCUT2D eigenvalue weighted by Gasteiger charge is 2.16. The molecule has 0 atom stereocenters. The van der Waals surface area contributed by atoms with Gasteiger partial charge in [-0.1, -0.05) is 19.3 Å². The fraction of sp³-hybridized carbons (Fsp3) is 0.882. The van der Waals surface area contributed by atoms with Crippen LogP contribution in [0.3, 0.4) is 0 Å². The fourth-order valence-electron chi connectivity index (χ4n) is 1.41. The van der Waals surface area contributed by atoms with Gasteiger partial charge in [-0.05, 0) is 54.4 Å². The number of hydrogen-bond acceptors (Lipinski definition) is 8. The lowest BCUT2D eigenvalue weighted by Crippen LogP contribution is -2.22. The lowest BCUT2D eigenvalue weighted by Gasteiger charge is -2.16. The van der Waals surface area contributed by atoms with Crippen LogP contribution in [0.2, 0.25) is 0 Å². The molecule has 0 heterocycles. The van der Waals surface area contributed by atoms with E-state index in [2.05, 4.69) is 9.78 Å². The molecule has 0 unspecified atom stereocenters. The van der Waals surface area contributed by atoms with Crippen LogP contribution < -0.4 is 0 Å². The summed E-state index contributed by atoms with van der Waals surface area (Å²) in [5.74, 6) is 0. The Morgan fingerprint density at radius 3 is 1.24 bits per heavy atom. The van der Waals surface area contributed by atoms with Crippen LogP contribution in [0.25, 0.3) is 0 Å². The standard InChI is InChI=1S/C17H32O8/c1-16(2,3)24-22-14(18)20-12-10-8-7-9-11-13-21-15(19)23-25-17(4,5)6/h7-13H2,1-6H3. The molecule has 0 bridgehead atoms. The molecule has 148 valence electrons. The van der Waals surface area contributed by atoms with Crippen LogP contribution >= 0.6 is 0 Å². The van der Waals surface area contributed by atoms with Crippen molar-refractivity contribution in [1.29, 1.82) is 0 Å². The average molecular weight is 364 g/mol. The van der Waals surface area contributed by atoms with E-state index in [-0.39, 0.29) is 13.2 Å². The summed E-state index contributed by atoms with van der Waals surface area (Å²) in [6, 6.07) is 0. The molecular formula is C17H32O8. The molecule has 0 aromatic rings. The van der Waals surface area contributed by atoms with Crippen molar-refractivity contribution in [3.05, 3.63) is 0 Å². The van der Waals surface area contributed by atoms with E-state index in [9.17, 15) is 9.59 Å². The molecule has 0 aliphatic heterocycles. The second-order valence-electron chi connectivity index (χ2n) is 7.52. The largest absolute Gasteiger partial charge is 0.540 e. The second-order valence-corrected chi connectivity index (χ2v) is 7.52. The molecular weight excluding hydrogens is 332 g/mol. The van der Waals surface area contributed by atoms with E-state index in [4.69, 9.17) is 19.2 Å². The topological polar surface area (TPSA) is 89.5 Å². The summed E-state index contributed by atoms with van der Waals surface area (Å²) in [6.45, 7) is 11.1. The van der Waals surface area contributed by atoms with Gasteiger partial charge in [-0.15, -0.1) is 0 Å². The van der Waals surface area contributed by atoms with Gasteiger partial charge in [0.15, 0.2) is 0 Å². The van der Waals surface area contributed by atoms with Gasteiger partial charge in [0, 0.05) is 0 Å². The zero-order chi connectivity index (χ0) is 19.3. The molecule has 0 aliphatic rings. The van der Waals surface area contributed by atoms with Gasteiger partial charge in [-0.25, -0.2) is 9.59 Å². The number of carbonyl (C=O) groups is 2. The van der Waals surface area contributed by atoms with Crippen LogP contribution in [-0.4, -0.2) is 36.7 Å². The van der Waals surface area contributed by atoms with Gasteiger partial charge >= 0.3 is 12.3 Å². The Balaban J connectivity index is 3.39. The van der Waals surface area contributed by atoms with E-state index < -0.39 is 23.5 Å². The highest BCUT2D eigenvalue weighted by molar-refractivity contribution is 5.59. The first-order chi connectivity index (χ1) is 11.5. The first kappa shape index (κ1) is 23.5. The van der Waals surface area contributed by atoms with Crippen molar-refractivity contribution >= 4 is 12.3 Å². The van der Waals surface area contributed by atoms with E-state index in [0.29, 0.717) is 0 Å². The lowest BCUT2D eigenvalue weighted by molar-refractivity contribution is -0.312. The monoisotopic (exact) mass is 364 g/mol. The minimum absolute atomic E-state index is 0.277. The van der Waals surface area contributed by atoms with E-state index >= 15 is 0 Å². The highest BCUT2D eigenvalue weighted by Crippen LogP contribution is 2.09. The Labute approximate surface area is 149 Å². The van der Waals surface area contributed by atoms with Crippen LogP contribution in [0.15, 0.2) is 0 Å². The molecule has 0 radical (unpaired) electrons. The molecule has 0 N–H and O–H groups in total. The first-order valence-corrected chi connectivity index (χ1v) is 8.54. The van der Waals surface area contributed by atoms with Crippen molar-refractivity contribution < 1.29 is 38.6 Å². The van der Waals surface area contributed by atoms with Gasteiger partial charge in [0.05, 0.1) is 13.2 Å². The predicted octanol–water partition coefficient (Wildman–Crippen LogP) is 4.70. The maximum absolute atomic E-state index is 11.2. The Morgan fingerprint density at radius 1 is 0.600 bits per heavy atom. The van der Waals surface area contributed by atoms with Gasteiger partial charge in [0.25, 0.3) is 0 Å². The summed E-state index contributed by atoms with van der Waals surface area (Å²) in [5.41, 5.74) is -1.13. The van der Waals surface area contributed by atoms with E-state index in [1.807, 2.05) is 0 Å². The van der Waals surface area contributed by atoms with Crippen molar-refractivity contribution in [2.24, 2.45) is 0 Å². The van der Waals surface area contributed by atoms with Crippen molar-refractivity contribution in [2.45, 2.75) is 84.8 Å². The fourth-order valence-corrected chi connectivity index (χ4v) is 1.41. The SMILES string of the molecule is CC(C)(C)OOC(=O)OCCCCCCCOC(=O)OOC(C)(C)C. The maximum Gasteiger partial charge on any atom is 0.540 e. The molecule has 8 nitrogen and oxygen atoms in total. The molecule has 0 saturated carbocycles. The van der Waals surface area contributed by atoms with Crippen LogP contribution in [-0.2, 0) is 29.0 Å². The summed E-state index contributed by atoms with van der Waals surface area (Å²) in [4.78, 5) is 41.1. The third kappa shape index (κ3) is 18.6. The van der Waals surface area contributed by atoms with Crippen LogP contribution in [0.4, 0.5) is 9.59 Å². The third-order valence-corrected chi connectivity index (χ3v) is 2.45. The van der Waals surface area contributed by atoms with Crippen LogP contribution in [0.5, 0.6) is 0 Å². The molecule has 0 rings (SSSR count). The number of rotatable bonds is 10. The Kier molecular flexibility index (Phi) is 11.2. The minimum atomic E-state index is -0.834. The van der Waals surface area contributed by atoms with Gasteiger partial charge in [0.2, 0.25) is 0 Å². The third-order valence-electron chi connectivity index (χ3n) is 2.45. The Morgan fingerprint density at radius 2 is 0.920 bits per heavy atom. The minimum Gasteiger partial charge on any atom is -0.432 e. The Bertz CT molecular complexity index is 345. The normalized spacial score (nSPS) is 11.8. The Hall–Kier alpha value is -1.54. The highest BCUT2D eigenvalue weighted by atomic mass is 17.2. The van der Waals surface area contributed by atoms with E-state index in [1.165, 1.54) is 0 Å². The molecule has 0 spiro atoms. The van der Waals surface area contributed by atoms with Crippen LogP contribution in [0, 0.1) is 0 Å². The van der Waals surface area contributed by atoms with Crippen LogP contribution in [0.1, 0.15) is 73.6 Å². The van der Waals surface area contributed by atoms with Gasteiger partial charge in [-0.3, -0.25) is 9.78 Å². The summed E-state index contributed by atoms with van der Waals surface area (Å²) in [6.07, 6.45) is 2.52. The maximum atomic E-state index is 11.2. The molecule has 0 amide bonds. The summed E-state index contributed by atoms with van der Waals surface area (Å²) >= 11 is 0. The quantitative estimate of drug-likeness (QED) is 0.238. The molecule has 0 saturated heterocycles. The molecule has 0 aliphatic carbocycles. The summed E-state index contributed by atoms with van der Waals surface area (Å²) < 4.78 is 9.73. The van der Waals surface area contributed by atoms with E-state index in [0.717, 1.165) is 32.1 Å². The smallest absolute Gasteiger partial charge is 0.432 e. The molecule has 0 fully saturated rings. The van der Waals surface area contributed by atoms with E-state index in [1.54, 1.807) is 41.5 Å². The number of unbranched alkanes of at least 4 members (excludes halogenated alkanes) is 4. The lowest BCUT2D eigenvalue weighted by atomic mass is 10.1. The van der Waals surface area contributed by atoms with Gasteiger partial charge < -0.3 is 9.47 Å². The number of carbonyl (C=O) groups excluding carboxylic acids is 2. The summed E-state index contributed by atoms with van der Waals surface area (Å²) in [7, 11) is 0. The molecule has 25 heavy (non-hydrogen) atoms. The zero-order valence-corrected chi connectivity index (χ0v) is 16.2. The summed E-state index contributed by atoms with van der Waals surface area (Å²) in [5, 5.41) is 0. The first-order valence-electron chi connectivity index (χ1n) is 8.54. The van der Waals surface area contributed by atoms with Gasteiger partial charge in [0.1, 0.15) is 11.2 Å². The predicted molar refractivity (Wildman–Crippen MR) is 89.6 cm³/mol. The number of ether oxygens (including phenoxy) is 2. The van der Waals surface area contributed by atoms with Crippen molar-refractivity contribution in [1.82, 2.24) is 0 Å².